The number of nitrogens with two attached hydrogens (primary N) is 1. The highest BCUT2D eigenvalue weighted by Crippen LogP contribution is 2.21. The number of allylic oxidation sites excluding steroid dienone is 2. The standard InChI is InChI=1S/C10H16NO/c1-10(2,3)12-9-7-5-4-6-8(9)11/h5-7H,4,11H2,1-3H3. The molecule has 0 saturated carbocycles. The summed E-state index contributed by atoms with van der Waals surface area (Å²) >= 11 is 0. The molecule has 0 saturated heterocycles. The van der Waals surface area contributed by atoms with E-state index in [4.69, 9.17) is 10.5 Å². The van der Waals surface area contributed by atoms with Gasteiger partial charge >= 0.3 is 0 Å². The summed E-state index contributed by atoms with van der Waals surface area (Å²) in [6.45, 7) is 6.03. The van der Waals surface area contributed by atoms with E-state index in [0.717, 1.165) is 17.9 Å². The predicted octanol–water partition coefficient (Wildman–Crippen LogP) is 2.14. The lowest BCUT2D eigenvalue weighted by Gasteiger charge is -2.24. The Balaban J connectivity index is 2.64. The van der Waals surface area contributed by atoms with Crippen molar-refractivity contribution in [2.24, 2.45) is 5.73 Å². The van der Waals surface area contributed by atoms with Crippen LogP contribution in [0.5, 0.6) is 0 Å². The maximum absolute atomic E-state index is 5.73. The molecule has 2 N–H and O–H groups in total. The minimum absolute atomic E-state index is 0.171. The maximum Gasteiger partial charge on any atom is 0.138 e. The third-order valence-corrected chi connectivity index (χ3v) is 1.44. The SMILES string of the molecule is CC(C)(C)OC1=C[CH]CC=C1N. The highest BCUT2D eigenvalue weighted by Gasteiger charge is 2.16. The first-order chi connectivity index (χ1) is 5.49. The van der Waals surface area contributed by atoms with E-state index < -0.39 is 0 Å². The van der Waals surface area contributed by atoms with Gasteiger partial charge in [0.1, 0.15) is 11.4 Å². The lowest BCUT2D eigenvalue weighted by atomic mass is 10.1. The van der Waals surface area contributed by atoms with E-state index in [1.165, 1.54) is 0 Å². The first-order valence-electron chi connectivity index (χ1n) is 4.17. The van der Waals surface area contributed by atoms with Crippen molar-refractivity contribution in [3.63, 3.8) is 0 Å². The molecule has 1 aliphatic rings. The molecule has 1 rings (SSSR count). The molecule has 0 spiro atoms. The Labute approximate surface area is 74.1 Å². The second-order valence-corrected chi connectivity index (χ2v) is 3.88. The Morgan fingerprint density at radius 2 is 2.08 bits per heavy atom. The predicted molar refractivity (Wildman–Crippen MR) is 50.1 cm³/mol. The Bertz CT molecular complexity index is 220. The van der Waals surface area contributed by atoms with E-state index >= 15 is 0 Å². The van der Waals surface area contributed by atoms with Gasteiger partial charge in [0.25, 0.3) is 0 Å². The minimum Gasteiger partial charge on any atom is -0.486 e. The molecule has 0 unspecified atom stereocenters. The van der Waals surface area contributed by atoms with Crippen LogP contribution in [0.3, 0.4) is 0 Å². The highest BCUT2D eigenvalue weighted by molar-refractivity contribution is 5.30. The van der Waals surface area contributed by atoms with Gasteiger partial charge in [-0.3, -0.25) is 0 Å². The van der Waals surface area contributed by atoms with Crippen LogP contribution in [0.25, 0.3) is 0 Å². The smallest absolute Gasteiger partial charge is 0.138 e. The summed E-state index contributed by atoms with van der Waals surface area (Å²) < 4.78 is 5.63. The van der Waals surface area contributed by atoms with E-state index in [1.807, 2.05) is 39.3 Å². The van der Waals surface area contributed by atoms with Gasteiger partial charge in [0, 0.05) is 0 Å². The summed E-state index contributed by atoms with van der Waals surface area (Å²) in [4.78, 5) is 0. The molecule has 0 aromatic carbocycles. The van der Waals surface area contributed by atoms with E-state index in [1.54, 1.807) is 0 Å². The average molecular weight is 166 g/mol. The number of hydrogen-bond acceptors (Lipinski definition) is 2. The largest absolute Gasteiger partial charge is 0.486 e. The molecule has 12 heavy (non-hydrogen) atoms. The molecule has 2 nitrogen and oxygen atoms in total. The number of rotatable bonds is 1. The average Bonchev–Trinajstić information content (AvgIpc) is 1.91. The Morgan fingerprint density at radius 3 is 2.58 bits per heavy atom. The maximum atomic E-state index is 5.73. The first-order valence-corrected chi connectivity index (χ1v) is 4.17. The van der Waals surface area contributed by atoms with E-state index in [2.05, 4.69) is 0 Å². The fourth-order valence-corrected chi connectivity index (χ4v) is 0.990. The Morgan fingerprint density at radius 1 is 1.42 bits per heavy atom. The summed E-state index contributed by atoms with van der Waals surface area (Å²) in [5.41, 5.74) is 6.31. The van der Waals surface area contributed by atoms with E-state index in [-0.39, 0.29) is 5.60 Å². The normalized spacial score (nSPS) is 18.2. The molecule has 0 fully saturated rings. The fraction of sp³-hybridized carbons (Fsp3) is 0.500. The zero-order valence-electron chi connectivity index (χ0n) is 7.92. The highest BCUT2D eigenvalue weighted by atomic mass is 16.5. The molecule has 1 radical (unpaired) electrons. The molecule has 0 bridgehead atoms. The van der Waals surface area contributed by atoms with Crippen molar-refractivity contribution in [1.82, 2.24) is 0 Å². The fourth-order valence-electron chi connectivity index (χ4n) is 0.990. The van der Waals surface area contributed by atoms with Crippen molar-refractivity contribution in [1.29, 1.82) is 0 Å². The molecular formula is C10H16NO. The van der Waals surface area contributed by atoms with Gasteiger partial charge in [-0.25, -0.2) is 0 Å². The van der Waals surface area contributed by atoms with Crippen molar-refractivity contribution in [2.45, 2.75) is 32.8 Å². The van der Waals surface area contributed by atoms with E-state index in [9.17, 15) is 0 Å². The van der Waals surface area contributed by atoms with Crippen LogP contribution in [0.15, 0.2) is 23.6 Å². The molecule has 0 amide bonds. The van der Waals surface area contributed by atoms with Crippen LogP contribution in [0.1, 0.15) is 27.2 Å². The topological polar surface area (TPSA) is 35.2 Å². The van der Waals surface area contributed by atoms with Gasteiger partial charge in [0.05, 0.1) is 5.70 Å². The molecule has 0 heterocycles. The van der Waals surface area contributed by atoms with Crippen molar-refractivity contribution in [2.75, 3.05) is 0 Å². The summed E-state index contributed by atoms with van der Waals surface area (Å²) in [5.74, 6) is 0.786. The first kappa shape index (κ1) is 9.17. The molecule has 0 aromatic rings. The third kappa shape index (κ3) is 2.61. The summed E-state index contributed by atoms with van der Waals surface area (Å²) in [6, 6.07) is 0. The number of ether oxygens (including phenoxy) is 1. The van der Waals surface area contributed by atoms with E-state index in [0.29, 0.717) is 0 Å². The molecule has 67 valence electrons. The zero-order chi connectivity index (χ0) is 9.19. The third-order valence-electron chi connectivity index (χ3n) is 1.44. The van der Waals surface area contributed by atoms with Crippen LogP contribution in [-0.2, 0) is 4.74 Å². The van der Waals surface area contributed by atoms with Crippen LogP contribution in [0, 0.1) is 6.42 Å². The van der Waals surface area contributed by atoms with Gasteiger partial charge in [0.2, 0.25) is 0 Å². The molecule has 2 heteroatoms. The second-order valence-electron chi connectivity index (χ2n) is 3.88. The van der Waals surface area contributed by atoms with Gasteiger partial charge in [-0.05, 0) is 39.7 Å². The lowest BCUT2D eigenvalue weighted by Crippen LogP contribution is -2.22. The van der Waals surface area contributed by atoms with Gasteiger partial charge in [-0.1, -0.05) is 6.08 Å². The summed E-state index contributed by atoms with van der Waals surface area (Å²) in [6.07, 6.45) is 6.84. The molecule has 0 aliphatic heterocycles. The quantitative estimate of drug-likeness (QED) is 0.647. The van der Waals surface area contributed by atoms with Crippen LogP contribution < -0.4 is 5.73 Å². The van der Waals surface area contributed by atoms with Crippen molar-refractivity contribution >= 4 is 0 Å². The molecular weight excluding hydrogens is 150 g/mol. The number of hydrogen-bond donors (Lipinski definition) is 1. The Hall–Kier alpha value is -0.920. The van der Waals surface area contributed by atoms with Crippen molar-refractivity contribution in [3.8, 4) is 0 Å². The zero-order valence-corrected chi connectivity index (χ0v) is 7.92. The van der Waals surface area contributed by atoms with Crippen LogP contribution in [0.2, 0.25) is 0 Å². The van der Waals surface area contributed by atoms with Crippen LogP contribution in [-0.4, -0.2) is 5.60 Å². The second kappa shape index (κ2) is 3.21. The minimum atomic E-state index is -0.171. The molecule has 1 aliphatic carbocycles. The van der Waals surface area contributed by atoms with Gasteiger partial charge < -0.3 is 10.5 Å². The van der Waals surface area contributed by atoms with Crippen LogP contribution >= 0.6 is 0 Å². The van der Waals surface area contributed by atoms with Gasteiger partial charge in [-0.15, -0.1) is 0 Å². The van der Waals surface area contributed by atoms with Crippen LogP contribution in [0.4, 0.5) is 0 Å². The summed E-state index contributed by atoms with van der Waals surface area (Å²) in [7, 11) is 0. The molecule has 0 atom stereocenters. The van der Waals surface area contributed by atoms with Gasteiger partial charge in [0.15, 0.2) is 0 Å². The van der Waals surface area contributed by atoms with Crippen molar-refractivity contribution in [3.05, 3.63) is 30.0 Å². The molecule has 0 aromatic heterocycles. The monoisotopic (exact) mass is 166 g/mol. The lowest BCUT2D eigenvalue weighted by molar-refractivity contribution is 0.0564. The summed E-state index contributed by atoms with van der Waals surface area (Å²) in [5, 5.41) is 0. The Kier molecular flexibility index (Phi) is 2.46. The van der Waals surface area contributed by atoms with Gasteiger partial charge in [-0.2, -0.15) is 0 Å². The van der Waals surface area contributed by atoms with Crippen molar-refractivity contribution < 1.29 is 4.74 Å².